The maximum absolute atomic E-state index is 13.2. The molecule has 14 heavy (non-hydrogen) atoms. The Bertz CT molecular complexity index is 425. The zero-order valence-electron chi connectivity index (χ0n) is 7.16. The lowest BCUT2D eigenvalue weighted by molar-refractivity contribution is -0.138. The number of Topliss-reactive ketones (excluding diaryl/α,β-unsaturated/α-hetero) is 1. The molecular weight excluding hydrogens is 187 g/mol. The zero-order chi connectivity index (χ0) is 10.3. The summed E-state index contributed by atoms with van der Waals surface area (Å²) in [6.45, 7) is 0. The van der Waals surface area contributed by atoms with E-state index in [0.717, 1.165) is 0 Å². The fourth-order valence-corrected chi connectivity index (χ4v) is 1.74. The molecule has 0 bridgehead atoms. The van der Waals surface area contributed by atoms with Crippen LogP contribution in [0.15, 0.2) is 18.2 Å². The Hall–Kier alpha value is -1.71. The quantitative estimate of drug-likeness (QED) is 0.738. The summed E-state index contributed by atoms with van der Waals surface area (Å²) in [5, 5.41) is 8.79. The van der Waals surface area contributed by atoms with Crippen LogP contribution >= 0.6 is 0 Å². The molecular formula is C10H7FO3. The van der Waals surface area contributed by atoms with Gasteiger partial charge in [-0.2, -0.15) is 0 Å². The summed E-state index contributed by atoms with van der Waals surface area (Å²) in [5.74, 6) is -3.02. The molecule has 0 fully saturated rings. The molecule has 0 saturated carbocycles. The average molecular weight is 194 g/mol. The average Bonchev–Trinajstić information content (AvgIpc) is 2.45. The minimum absolute atomic E-state index is 0.0556. The summed E-state index contributed by atoms with van der Waals surface area (Å²) in [6, 6.07) is 4.08. The van der Waals surface area contributed by atoms with Crippen molar-refractivity contribution in [3.8, 4) is 0 Å². The van der Waals surface area contributed by atoms with Gasteiger partial charge in [0.1, 0.15) is 5.82 Å². The summed E-state index contributed by atoms with van der Waals surface area (Å²) in [5.41, 5.74) is 0.238. The van der Waals surface area contributed by atoms with Crippen molar-refractivity contribution >= 4 is 11.8 Å². The second kappa shape index (κ2) is 2.90. The number of carboxylic acids is 1. The number of hydrogen-bond donors (Lipinski definition) is 1. The van der Waals surface area contributed by atoms with Gasteiger partial charge in [0.05, 0.1) is 11.5 Å². The molecule has 0 aromatic heterocycles. The first-order valence-corrected chi connectivity index (χ1v) is 4.15. The lowest BCUT2D eigenvalue weighted by atomic mass is 10.0. The van der Waals surface area contributed by atoms with Gasteiger partial charge in [-0.3, -0.25) is 9.59 Å². The number of carboxylic acid groups (broad SMARTS) is 1. The van der Waals surface area contributed by atoms with Crippen molar-refractivity contribution < 1.29 is 19.1 Å². The number of aliphatic carboxylic acids is 1. The van der Waals surface area contributed by atoms with Gasteiger partial charge in [0.25, 0.3) is 0 Å². The van der Waals surface area contributed by atoms with E-state index in [1.54, 1.807) is 0 Å². The molecule has 2 rings (SSSR count). The van der Waals surface area contributed by atoms with Gasteiger partial charge < -0.3 is 5.11 Å². The molecule has 1 N–H and O–H groups in total. The van der Waals surface area contributed by atoms with Crippen LogP contribution in [0.1, 0.15) is 28.3 Å². The second-order valence-electron chi connectivity index (χ2n) is 3.22. The number of carbonyl (C=O) groups is 2. The monoisotopic (exact) mass is 194 g/mol. The molecule has 1 aromatic carbocycles. The first-order chi connectivity index (χ1) is 6.61. The maximum Gasteiger partial charge on any atom is 0.311 e. The van der Waals surface area contributed by atoms with Crippen molar-refractivity contribution in [1.29, 1.82) is 0 Å². The van der Waals surface area contributed by atoms with Crippen LogP contribution in [0.2, 0.25) is 0 Å². The summed E-state index contributed by atoms with van der Waals surface area (Å²) >= 11 is 0. The molecule has 0 radical (unpaired) electrons. The predicted octanol–water partition coefficient (Wildman–Crippen LogP) is 1.58. The number of carbonyl (C=O) groups excluding carboxylic acids is 1. The fourth-order valence-electron chi connectivity index (χ4n) is 1.74. The summed E-state index contributed by atoms with van der Waals surface area (Å²) in [4.78, 5) is 22.0. The smallest absolute Gasteiger partial charge is 0.311 e. The van der Waals surface area contributed by atoms with Crippen LogP contribution in [0.5, 0.6) is 0 Å². The highest BCUT2D eigenvalue weighted by Gasteiger charge is 2.35. The topological polar surface area (TPSA) is 54.4 Å². The van der Waals surface area contributed by atoms with Gasteiger partial charge in [0, 0.05) is 6.42 Å². The van der Waals surface area contributed by atoms with Gasteiger partial charge >= 0.3 is 5.97 Å². The lowest BCUT2D eigenvalue weighted by Crippen LogP contribution is -2.08. The van der Waals surface area contributed by atoms with Gasteiger partial charge in [-0.25, -0.2) is 4.39 Å². The first kappa shape index (κ1) is 8.87. The highest BCUT2D eigenvalue weighted by atomic mass is 19.1. The predicted molar refractivity (Wildman–Crippen MR) is 45.7 cm³/mol. The van der Waals surface area contributed by atoms with Crippen LogP contribution < -0.4 is 0 Å². The van der Waals surface area contributed by atoms with Gasteiger partial charge in [0.2, 0.25) is 0 Å². The minimum atomic E-state index is -1.08. The summed E-state index contributed by atoms with van der Waals surface area (Å²) in [7, 11) is 0. The van der Waals surface area contributed by atoms with E-state index in [1.165, 1.54) is 18.2 Å². The standard InChI is InChI=1S/C10H7FO3/c11-7-3-1-2-5-6(10(13)14)4-8(12)9(5)7/h1-3,6H,4H2,(H,13,14). The van der Waals surface area contributed by atoms with E-state index in [9.17, 15) is 14.0 Å². The highest BCUT2D eigenvalue weighted by molar-refractivity contribution is 6.05. The Kier molecular flexibility index (Phi) is 1.84. The van der Waals surface area contributed by atoms with Crippen LogP contribution in [-0.4, -0.2) is 16.9 Å². The van der Waals surface area contributed by atoms with Crippen molar-refractivity contribution in [2.24, 2.45) is 0 Å². The third kappa shape index (κ3) is 1.11. The number of benzene rings is 1. The van der Waals surface area contributed by atoms with E-state index in [-0.39, 0.29) is 12.0 Å². The van der Waals surface area contributed by atoms with Crippen molar-refractivity contribution in [2.75, 3.05) is 0 Å². The van der Waals surface area contributed by atoms with E-state index in [4.69, 9.17) is 5.11 Å². The summed E-state index contributed by atoms with van der Waals surface area (Å²) < 4.78 is 13.2. The van der Waals surface area contributed by atoms with Crippen LogP contribution in [0.3, 0.4) is 0 Å². The van der Waals surface area contributed by atoms with Gasteiger partial charge in [-0.15, -0.1) is 0 Å². The third-order valence-corrected chi connectivity index (χ3v) is 2.39. The number of hydrogen-bond acceptors (Lipinski definition) is 2. The van der Waals surface area contributed by atoms with Gasteiger partial charge in [-0.05, 0) is 11.6 Å². The number of fused-ring (bicyclic) bond motifs is 1. The molecule has 3 nitrogen and oxygen atoms in total. The van der Waals surface area contributed by atoms with Crippen LogP contribution in [-0.2, 0) is 4.79 Å². The molecule has 1 unspecified atom stereocenters. The van der Waals surface area contributed by atoms with Crippen LogP contribution in [0.4, 0.5) is 4.39 Å². The normalized spacial score (nSPS) is 19.5. The van der Waals surface area contributed by atoms with E-state index in [1.807, 2.05) is 0 Å². The number of ketones is 1. The van der Waals surface area contributed by atoms with Crippen molar-refractivity contribution in [1.82, 2.24) is 0 Å². The molecule has 1 atom stereocenters. The first-order valence-electron chi connectivity index (χ1n) is 4.15. The van der Waals surface area contributed by atoms with Crippen molar-refractivity contribution in [3.05, 3.63) is 35.1 Å². The van der Waals surface area contributed by atoms with E-state index >= 15 is 0 Å². The molecule has 1 aliphatic carbocycles. The molecule has 4 heteroatoms. The van der Waals surface area contributed by atoms with Crippen molar-refractivity contribution in [3.63, 3.8) is 0 Å². The maximum atomic E-state index is 13.2. The second-order valence-corrected chi connectivity index (χ2v) is 3.22. The molecule has 1 aromatic rings. The molecule has 0 amide bonds. The Balaban J connectivity index is 2.60. The Morgan fingerprint density at radius 3 is 2.86 bits per heavy atom. The molecule has 72 valence electrons. The fraction of sp³-hybridized carbons (Fsp3) is 0.200. The SMILES string of the molecule is O=C1CC(C(=O)O)c2cccc(F)c21. The largest absolute Gasteiger partial charge is 0.481 e. The van der Waals surface area contributed by atoms with Crippen LogP contribution in [0.25, 0.3) is 0 Å². The molecule has 0 spiro atoms. The van der Waals surface area contributed by atoms with E-state index < -0.39 is 23.5 Å². The van der Waals surface area contributed by atoms with Gasteiger partial charge in [-0.1, -0.05) is 12.1 Å². The molecule has 0 aliphatic heterocycles. The van der Waals surface area contributed by atoms with Gasteiger partial charge in [0.15, 0.2) is 5.78 Å². The Morgan fingerprint density at radius 1 is 1.50 bits per heavy atom. The zero-order valence-corrected chi connectivity index (χ0v) is 7.16. The van der Waals surface area contributed by atoms with E-state index in [0.29, 0.717) is 5.56 Å². The Morgan fingerprint density at radius 2 is 2.21 bits per heavy atom. The number of rotatable bonds is 1. The molecule has 0 saturated heterocycles. The summed E-state index contributed by atoms with van der Waals surface area (Å²) in [6.07, 6.45) is -0.133. The molecule has 0 heterocycles. The lowest BCUT2D eigenvalue weighted by Gasteiger charge is -2.03. The van der Waals surface area contributed by atoms with Crippen LogP contribution in [0, 0.1) is 5.82 Å². The highest BCUT2D eigenvalue weighted by Crippen LogP contribution is 2.34. The minimum Gasteiger partial charge on any atom is -0.481 e. The third-order valence-electron chi connectivity index (χ3n) is 2.39. The van der Waals surface area contributed by atoms with Crippen molar-refractivity contribution in [2.45, 2.75) is 12.3 Å². The number of halogens is 1. The van der Waals surface area contributed by atoms with E-state index in [2.05, 4.69) is 0 Å². The molecule has 1 aliphatic rings. The Labute approximate surface area is 79.2 Å².